The van der Waals surface area contributed by atoms with E-state index in [0.29, 0.717) is 26.1 Å². The van der Waals surface area contributed by atoms with Crippen molar-refractivity contribution in [3.8, 4) is 0 Å². The van der Waals surface area contributed by atoms with E-state index in [-0.39, 0.29) is 24.2 Å². The molecule has 0 spiro atoms. The standard InChI is InChI=1S/C20H41N7O3/c1-19-11-21-5-8-24-14-20(15-25-9-6-22-12-19,16-26-10-7-23-13-19)27-17(28)3-2-4-18(29)30/h21-26H,2-16H2,1H3,(H,27,28)(H,29,30)/t19-,20-. The van der Waals surface area contributed by atoms with Crippen LogP contribution in [0.2, 0.25) is 0 Å². The van der Waals surface area contributed by atoms with Gasteiger partial charge in [-0.1, -0.05) is 6.92 Å². The van der Waals surface area contributed by atoms with E-state index in [4.69, 9.17) is 5.11 Å². The highest BCUT2D eigenvalue weighted by Crippen LogP contribution is 2.12. The van der Waals surface area contributed by atoms with Gasteiger partial charge in [0.2, 0.25) is 5.91 Å². The average Bonchev–Trinajstić information content (AvgIpc) is 2.69. The number of carbonyl (C=O) groups is 2. The molecule has 0 aromatic carbocycles. The van der Waals surface area contributed by atoms with Crippen molar-refractivity contribution in [2.75, 3.05) is 78.5 Å². The molecule has 3 aliphatic heterocycles. The van der Waals surface area contributed by atoms with E-state index >= 15 is 0 Å². The molecule has 2 bridgehead atoms. The smallest absolute Gasteiger partial charge is 0.303 e. The van der Waals surface area contributed by atoms with Crippen molar-refractivity contribution in [3.05, 3.63) is 0 Å². The molecule has 3 aliphatic rings. The summed E-state index contributed by atoms with van der Waals surface area (Å²) < 4.78 is 0. The number of carboxylic acid groups (broad SMARTS) is 1. The minimum absolute atomic E-state index is 0.0110. The Kier molecular flexibility index (Phi) is 11.0. The molecule has 10 heteroatoms. The quantitative estimate of drug-likeness (QED) is 0.243. The van der Waals surface area contributed by atoms with Crippen molar-refractivity contribution in [1.82, 2.24) is 37.2 Å². The zero-order chi connectivity index (χ0) is 21.7. The molecular weight excluding hydrogens is 386 g/mol. The van der Waals surface area contributed by atoms with Crippen LogP contribution in [0.5, 0.6) is 0 Å². The number of fused-ring (bicyclic) bond motifs is 15. The molecule has 3 fully saturated rings. The second kappa shape index (κ2) is 13.2. The molecule has 3 rings (SSSR count). The Morgan fingerprint density at radius 3 is 1.53 bits per heavy atom. The van der Waals surface area contributed by atoms with Gasteiger partial charge in [0, 0.05) is 96.8 Å². The maximum Gasteiger partial charge on any atom is 0.303 e. The SMILES string of the molecule is C[C@]12CNCCNC[C@](NC(=O)CCCC(=O)O)(CNCCNC1)CNCCNC2. The first-order valence-corrected chi connectivity index (χ1v) is 11.2. The first-order valence-electron chi connectivity index (χ1n) is 11.2. The van der Waals surface area contributed by atoms with Crippen molar-refractivity contribution in [1.29, 1.82) is 0 Å². The number of carboxylic acids is 1. The number of rotatable bonds is 5. The lowest BCUT2D eigenvalue weighted by atomic mass is 9.90. The van der Waals surface area contributed by atoms with E-state index in [1.807, 2.05) is 0 Å². The van der Waals surface area contributed by atoms with Crippen LogP contribution in [0.4, 0.5) is 0 Å². The fourth-order valence-corrected chi connectivity index (χ4v) is 3.95. The van der Waals surface area contributed by atoms with Crippen molar-refractivity contribution < 1.29 is 14.7 Å². The van der Waals surface area contributed by atoms with Gasteiger partial charge in [-0.15, -0.1) is 0 Å². The van der Waals surface area contributed by atoms with Gasteiger partial charge in [-0.2, -0.15) is 0 Å². The van der Waals surface area contributed by atoms with Gasteiger partial charge < -0.3 is 42.3 Å². The van der Waals surface area contributed by atoms with Gasteiger partial charge >= 0.3 is 5.97 Å². The maximum atomic E-state index is 12.6. The van der Waals surface area contributed by atoms with Crippen LogP contribution < -0.4 is 37.2 Å². The highest BCUT2D eigenvalue weighted by Gasteiger charge is 2.31. The number of aliphatic carboxylic acids is 1. The summed E-state index contributed by atoms with van der Waals surface area (Å²) in [7, 11) is 0. The normalized spacial score (nSPS) is 30.2. The number of carbonyl (C=O) groups excluding carboxylic acids is 1. The fraction of sp³-hybridized carbons (Fsp3) is 0.900. The van der Waals surface area contributed by atoms with Crippen LogP contribution in [0.1, 0.15) is 26.2 Å². The Morgan fingerprint density at radius 2 is 1.13 bits per heavy atom. The summed E-state index contributed by atoms with van der Waals surface area (Å²) in [6.45, 7) is 12.0. The Hall–Kier alpha value is -1.30. The van der Waals surface area contributed by atoms with E-state index in [9.17, 15) is 9.59 Å². The minimum atomic E-state index is -0.870. The molecule has 0 aromatic heterocycles. The van der Waals surface area contributed by atoms with E-state index in [1.54, 1.807) is 0 Å². The first-order chi connectivity index (χ1) is 14.4. The van der Waals surface area contributed by atoms with Crippen LogP contribution in [0.3, 0.4) is 0 Å². The lowest BCUT2D eigenvalue weighted by molar-refractivity contribution is -0.137. The summed E-state index contributed by atoms with van der Waals surface area (Å²) in [5, 5.41) is 33.2. The number of amides is 1. The Morgan fingerprint density at radius 1 is 0.733 bits per heavy atom. The molecule has 0 radical (unpaired) electrons. The molecule has 3 saturated heterocycles. The van der Waals surface area contributed by atoms with Gasteiger partial charge in [0.25, 0.3) is 0 Å². The molecular formula is C20H41N7O3. The van der Waals surface area contributed by atoms with Gasteiger partial charge in [-0.25, -0.2) is 0 Å². The minimum Gasteiger partial charge on any atom is -0.481 e. The molecule has 0 aromatic rings. The lowest BCUT2D eigenvalue weighted by Gasteiger charge is -2.37. The third kappa shape index (κ3) is 9.67. The van der Waals surface area contributed by atoms with Crippen molar-refractivity contribution in [3.63, 3.8) is 0 Å². The highest BCUT2D eigenvalue weighted by atomic mass is 16.4. The van der Waals surface area contributed by atoms with Crippen LogP contribution in [0.15, 0.2) is 0 Å². The summed E-state index contributed by atoms with van der Waals surface area (Å²) in [4.78, 5) is 23.3. The van der Waals surface area contributed by atoms with E-state index < -0.39 is 11.5 Å². The van der Waals surface area contributed by atoms with Crippen LogP contribution in [-0.4, -0.2) is 101 Å². The Bertz CT molecular complexity index is 489. The monoisotopic (exact) mass is 427 g/mol. The third-order valence-corrected chi connectivity index (χ3v) is 5.68. The number of hydrogen-bond donors (Lipinski definition) is 8. The summed E-state index contributed by atoms with van der Waals surface area (Å²) >= 11 is 0. The van der Waals surface area contributed by atoms with Gasteiger partial charge in [0.1, 0.15) is 0 Å². The predicted octanol–water partition coefficient (Wildman–Crippen LogP) is -2.33. The average molecular weight is 428 g/mol. The summed E-state index contributed by atoms with van der Waals surface area (Å²) in [5.74, 6) is -0.973. The van der Waals surface area contributed by atoms with Crippen molar-refractivity contribution in [2.24, 2.45) is 5.41 Å². The molecule has 0 atom stereocenters. The lowest BCUT2D eigenvalue weighted by Crippen LogP contribution is -2.66. The second-order valence-corrected chi connectivity index (χ2v) is 8.95. The Balaban J connectivity index is 2.07. The topological polar surface area (TPSA) is 139 Å². The zero-order valence-electron chi connectivity index (χ0n) is 18.4. The van der Waals surface area contributed by atoms with Crippen molar-refractivity contribution >= 4 is 11.9 Å². The highest BCUT2D eigenvalue weighted by molar-refractivity contribution is 5.77. The van der Waals surface area contributed by atoms with E-state index in [1.165, 1.54) is 0 Å². The molecule has 0 unspecified atom stereocenters. The summed E-state index contributed by atoms with van der Waals surface area (Å²) in [6.07, 6.45) is 0.580. The van der Waals surface area contributed by atoms with Crippen LogP contribution in [-0.2, 0) is 9.59 Å². The fourth-order valence-electron chi connectivity index (χ4n) is 3.95. The van der Waals surface area contributed by atoms with Crippen LogP contribution >= 0.6 is 0 Å². The predicted molar refractivity (Wildman–Crippen MR) is 118 cm³/mol. The van der Waals surface area contributed by atoms with Crippen molar-refractivity contribution in [2.45, 2.75) is 31.7 Å². The number of nitrogens with one attached hydrogen (secondary N) is 7. The molecule has 174 valence electrons. The largest absolute Gasteiger partial charge is 0.481 e. The zero-order valence-corrected chi connectivity index (χ0v) is 18.4. The van der Waals surface area contributed by atoms with Crippen LogP contribution in [0, 0.1) is 5.41 Å². The first kappa shape index (κ1) is 25.0. The Labute approximate surface area is 180 Å². The molecule has 10 nitrogen and oxygen atoms in total. The van der Waals surface area contributed by atoms with Gasteiger partial charge in [-0.3, -0.25) is 9.59 Å². The molecule has 3 heterocycles. The molecule has 0 aliphatic carbocycles. The maximum absolute atomic E-state index is 12.6. The molecule has 1 amide bonds. The van der Waals surface area contributed by atoms with Gasteiger partial charge in [0.05, 0.1) is 5.54 Å². The summed E-state index contributed by atoms with van der Waals surface area (Å²) in [5.41, 5.74) is -0.342. The molecule has 8 N–H and O–H groups in total. The van der Waals surface area contributed by atoms with Gasteiger partial charge in [0.15, 0.2) is 0 Å². The van der Waals surface area contributed by atoms with E-state index in [0.717, 1.165) is 58.9 Å². The second-order valence-electron chi connectivity index (χ2n) is 8.95. The van der Waals surface area contributed by atoms with Gasteiger partial charge in [-0.05, 0) is 6.42 Å². The van der Waals surface area contributed by atoms with E-state index in [2.05, 4.69) is 44.1 Å². The third-order valence-electron chi connectivity index (χ3n) is 5.68. The summed E-state index contributed by atoms with van der Waals surface area (Å²) in [6, 6.07) is 0. The molecule has 30 heavy (non-hydrogen) atoms. The molecule has 0 saturated carbocycles. The number of hydrogen-bond acceptors (Lipinski definition) is 8. The van der Waals surface area contributed by atoms with Crippen LogP contribution in [0.25, 0.3) is 0 Å².